The van der Waals surface area contributed by atoms with Crippen LogP contribution in [0.2, 0.25) is 0 Å². The molecular formula is C15H19BrN4O. The summed E-state index contributed by atoms with van der Waals surface area (Å²) >= 11 is 3.54. The fourth-order valence-electron chi connectivity index (χ4n) is 1.92. The van der Waals surface area contributed by atoms with Gasteiger partial charge >= 0.3 is 0 Å². The third kappa shape index (κ3) is 3.85. The molecule has 0 fully saturated rings. The number of hydrogen-bond donors (Lipinski definition) is 2. The van der Waals surface area contributed by atoms with Gasteiger partial charge in [0.15, 0.2) is 0 Å². The number of halogens is 1. The quantitative estimate of drug-likeness (QED) is 0.820. The van der Waals surface area contributed by atoms with Crippen LogP contribution in [0.15, 0.2) is 29.0 Å². The van der Waals surface area contributed by atoms with E-state index in [4.69, 9.17) is 4.74 Å². The number of methoxy groups -OCH3 is 1. The predicted octanol–water partition coefficient (Wildman–Crippen LogP) is 4.12. The Balaban J connectivity index is 2.21. The molecule has 0 saturated heterocycles. The lowest BCUT2D eigenvalue weighted by atomic mass is 10.2. The summed E-state index contributed by atoms with van der Waals surface area (Å²) in [5.41, 5.74) is 2.02. The average molecular weight is 351 g/mol. The van der Waals surface area contributed by atoms with Gasteiger partial charge in [-0.1, -0.05) is 6.92 Å². The highest BCUT2D eigenvalue weighted by Crippen LogP contribution is 2.30. The third-order valence-corrected chi connectivity index (χ3v) is 3.74. The molecule has 0 atom stereocenters. The first-order chi connectivity index (χ1) is 10.2. The van der Waals surface area contributed by atoms with Crippen molar-refractivity contribution in [1.29, 1.82) is 0 Å². The lowest BCUT2D eigenvalue weighted by molar-refractivity contribution is 0.412. The Kier molecular flexibility index (Phi) is 5.38. The van der Waals surface area contributed by atoms with E-state index in [2.05, 4.69) is 43.5 Å². The van der Waals surface area contributed by atoms with Gasteiger partial charge in [0.1, 0.15) is 28.2 Å². The predicted molar refractivity (Wildman–Crippen MR) is 89.5 cm³/mol. The van der Waals surface area contributed by atoms with Crippen LogP contribution in [0, 0.1) is 6.92 Å². The zero-order valence-corrected chi connectivity index (χ0v) is 14.0. The summed E-state index contributed by atoms with van der Waals surface area (Å²) in [5.74, 6) is 2.39. The highest BCUT2D eigenvalue weighted by atomic mass is 79.9. The van der Waals surface area contributed by atoms with E-state index in [1.165, 1.54) is 0 Å². The van der Waals surface area contributed by atoms with Gasteiger partial charge in [0, 0.05) is 12.2 Å². The van der Waals surface area contributed by atoms with E-state index in [9.17, 15) is 0 Å². The van der Waals surface area contributed by atoms with Crippen LogP contribution in [0.1, 0.15) is 18.9 Å². The first-order valence-electron chi connectivity index (χ1n) is 6.81. The van der Waals surface area contributed by atoms with Gasteiger partial charge in [0.05, 0.1) is 7.11 Å². The van der Waals surface area contributed by atoms with E-state index in [0.29, 0.717) is 0 Å². The van der Waals surface area contributed by atoms with Crippen LogP contribution in [-0.2, 0) is 0 Å². The maximum Gasteiger partial charge on any atom is 0.150 e. The van der Waals surface area contributed by atoms with Gasteiger partial charge in [-0.15, -0.1) is 0 Å². The van der Waals surface area contributed by atoms with E-state index in [1.54, 1.807) is 13.4 Å². The largest absolute Gasteiger partial charge is 0.496 e. The van der Waals surface area contributed by atoms with Gasteiger partial charge in [-0.05, 0) is 53.0 Å². The van der Waals surface area contributed by atoms with Crippen molar-refractivity contribution in [3.63, 3.8) is 0 Å². The molecule has 0 spiro atoms. The number of rotatable bonds is 6. The minimum absolute atomic E-state index is 0.730. The Labute approximate surface area is 133 Å². The first-order valence-corrected chi connectivity index (χ1v) is 7.61. The summed E-state index contributed by atoms with van der Waals surface area (Å²) in [7, 11) is 1.67. The molecule has 1 aromatic heterocycles. The molecule has 21 heavy (non-hydrogen) atoms. The summed E-state index contributed by atoms with van der Waals surface area (Å²) in [5, 5.41) is 6.55. The summed E-state index contributed by atoms with van der Waals surface area (Å²) < 4.78 is 6.09. The van der Waals surface area contributed by atoms with Crippen LogP contribution < -0.4 is 15.4 Å². The van der Waals surface area contributed by atoms with Crippen LogP contribution in [-0.4, -0.2) is 23.6 Å². The van der Waals surface area contributed by atoms with Gasteiger partial charge in [-0.25, -0.2) is 9.97 Å². The lowest BCUT2D eigenvalue weighted by Crippen LogP contribution is -2.05. The molecule has 0 unspecified atom stereocenters. The minimum atomic E-state index is 0.730. The molecule has 1 aromatic carbocycles. The highest BCUT2D eigenvalue weighted by molar-refractivity contribution is 9.10. The molecule has 0 saturated carbocycles. The topological polar surface area (TPSA) is 59.1 Å². The van der Waals surface area contributed by atoms with Gasteiger partial charge in [0.2, 0.25) is 0 Å². The third-order valence-electron chi connectivity index (χ3n) is 2.99. The van der Waals surface area contributed by atoms with Crippen LogP contribution in [0.5, 0.6) is 5.75 Å². The Hall–Kier alpha value is -1.82. The molecule has 0 amide bonds. The summed E-state index contributed by atoms with van der Waals surface area (Å²) in [4.78, 5) is 8.51. The van der Waals surface area contributed by atoms with E-state index in [0.717, 1.165) is 46.1 Å². The number of ether oxygens (including phenoxy) is 1. The zero-order valence-electron chi connectivity index (χ0n) is 12.4. The summed E-state index contributed by atoms with van der Waals surface area (Å²) in [6, 6.07) is 5.91. The number of aryl methyl sites for hydroxylation is 1. The smallest absolute Gasteiger partial charge is 0.150 e. The van der Waals surface area contributed by atoms with Crippen molar-refractivity contribution in [1.82, 2.24) is 9.97 Å². The van der Waals surface area contributed by atoms with Gasteiger partial charge in [-0.3, -0.25) is 0 Å². The van der Waals surface area contributed by atoms with E-state index in [-0.39, 0.29) is 0 Å². The molecule has 0 aliphatic heterocycles. The van der Waals surface area contributed by atoms with Crippen molar-refractivity contribution in [3.8, 4) is 5.75 Å². The van der Waals surface area contributed by atoms with Crippen LogP contribution >= 0.6 is 15.9 Å². The SMILES string of the molecule is CCCNc1ncnc(Nc2ccc(OC)c(C)c2)c1Br. The fourth-order valence-corrected chi connectivity index (χ4v) is 2.36. The Morgan fingerprint density at radius 2 is 2.00 bits per heavy atom. The van der Waals surface area contributed by atoms with Crippen LogP contribution in [0.4, 0.5) is 17.3 Å². The molecular weight excluding hydrogens is 332 g/mol. The normalized spacial score (nSPS) is 10.3. The van der Waals surface area contributed by atoms with E-state index in [1.807, 2.05) is 25.1 Å². The summed E-state index contributed by atoms with van der Waals surface area (Å²) in [6.07, 6.45) is 2.58. The minimum Gasteiger partial charge on any atom is -0.496 e. The molecule has 0 bridgehead atoms. The van der Waals surface area contributed by atoms with E-state index < -0.39 is 0 Å². The first kappa shape index (κ1) is 15.6. The molecule has 0 radical (unpaired) electrons. The van der Waals surface area contributed by atoms with Crippen molar-refractivity contribution < 1.29 is 4.74 Å². The second-order valence-electron chi connectivity index (χ2n) is 4.62. The number of anilines is 3. The van der Waals surface area contributed by atoms with Crippen molar-refractivity contribution in [2.75, 3.05) is 24.3 Å². The number of aromatic nitrogens is 2. The molecule has 2 aromatic rings. The van der Waals surface area contributed by atoms with Crippen molar-refractivity contribution in [2.24, 2.45) is 0 Å². The molecule has 1 heterocycles. The molecule has 5 nitrogen and oxygen atoms in total. The Morgan fingerprint density at radius 3 is 2.67 bits per heavy atom. The zero-order chi connectivity index (χ0) is 15.2. The Morgan fingerprint density at radius 1 is 1.24 bits per heavy atom. The maximum absolute atomic E-state index is 5.26. The monoisotopic (exact) mass is 350 g/mol. The van der Waals surface area contributed by atoms with Gasteiger partial charge in [-0.2, -0.15) is 0 Å². The van der Waals surface area contributed by atoms with Gasteiger partial charge in [0.25, 0.3) is 0 Å². The van der Waals surface area contributed by atoms with Gasteiger partial charge < -0.3 is 15.4 Å². The fraction of sp³-hybridized carbons (Fsp3) is 0.333. The molecule has 0 aliphatic carbocycles. The number of hydrogen-bond acceptors (Lipinski definition) is 5. The van der Waals surface area contributed by atoms with Crippen LogP contribution in [0.25, 0.3) is 0 Å². The number of nitrogens with one attached hydrogen (secondary N) is 2. The van der Waals surface area contributed by atoms with E-state index >= 15 is 0 Å². The molecule has 2 rings (SSSR count). The average Bonchev–Trinajstić information content (AvgIpc) is 2.48. The number of nitrogens with zero attached hydrogens (tertiary/aromatic N) is 2. The second kappa shape index (κ2) is 7.26. The second-order valence-corrected chi connectivity index (χ2v) is 5.41. The summed E-state index contributed by atoms with van der Waals surface area (Å²) in [6.45, 7) is 4.99. The maximum atomic E-state index is 5.26. The lowest BCUT2D eigenvalue weighted by Gasteiger charge is -2.12. The Bertz CT molecular complexity index is 619. The standard InChI is InChI=1S/C15H19BrN4O/c1-4-7-17-14-13(16)15(19-9-18-14)20-11-5-6-12(21-3)10(2)8-11/h5-6,8-9H,4,7H2,1-3H3,(H2,17,18,19,20). The highest BCUT2D eigenvalue weighted by Gasteiger charge is 2.09. The molecule has 2 N–H and O–H groups in total. The number of benzene rings is 1. The van der Waals surface area contributed by atoms with Crippen molar-refractivity contribution >= 4 is 33.3 Å². The van der Waals surface area contributed by atoms with Crippen LogP contribution in [0.3, 0.4) is 0 Å². The molecule has 6 heteroatoms. The van der Waals surface area contributed by atoms with Crippen molar-refractivity contribution in [2.45, 2.75) is 20.3 Å². The molecule has 0 aliphatic rings. The van der Waals surface area contributed by atoms with Crippen molar-refractivity contribution in [3.05, 3.63) is 34.6 Å². The molecule has 112 valence electrons.